The van der Waals surface area contributed by atoms with Crippen molar-refractivity contribution >= 4 is 5.91 Å². The second-order valence-corrected chi connectivity index (χ2v) is 3.77. The molecule has 2 heteroatoms. The van der Waals surface area contributed by atoms with Crippen LogP contribution in [0.3, 0.4) is 0 Å². The maximum absolute atomic E-state index is 11.3. The second kappa shape index (κ2) is 3.36. The Morgan fingerprint density at radius 2 is 2.46 bits per heavy atom. The topological polar surface area (TPSA) is 20.3 Å². The molecular weight excluding hydrogens is 162 g/mol. The molecule has 2 rings (SSSR count). The average molecular weight is 177 g/mol. The van der Waals surface area contributed by atoms with Crippen LogP contribution in [0.15, 0.2) is 23.9 Å². The molecule has 70 valence electrons. The summed E-state index contributed by atoms with van der Waals surface area (Å²) >= 11 is 0. The van der Waals surface area contributed by atoms with Crippen LogP contribution in [-0.4, -0.2) is 17.4 Å². The molecule has 0 aromatic heterocycles. The highest BCUT2D eigenvalue weighted by Gasteiger charge is 2.26. The first-order valence-electron chi connectivity index (χ1n) is 4.94. The van der Waals surface area contributed by atoms with Gasteiger partial charge in [-0.15, -0.1) is 0 Å². The van der Waals surface area contributed by atoms with Gasteiger partial charge in [-0.2, -0.15) is 0 Å². The van der Waals surface area contributed by atoms with Gasteiger partial charge in [-0.1, -0.05) is 12.2 Å². The van der Waals surface area contributed by atoms with Crippen molar-refractivity contribution in [2.24, 2.45) is 5.92 Å². The minimum atomic E-state index is 0.186. The molecule has 1 atom stereocenters. The molecule has 1 aliphatic carbocycles. The van der Waals surface area contributed by atoms with E-state index in [1.807, 2.05) is 4.90 Å². The van der Waals surface area contributed by atoms with Gasteiger partial charge in [0, 0.05) is 25.1 Å². The van der Waals surface area contributed by atoms with E-state index in [1.165, 1.54) is 12.1 Å². The van der Waals surface area contributed by atoms with Gasteiger partial charge in [-0.25, -0.2) is 0 Å². The molecule has 0 spiro atoms. The molecule has 2 nitrogen and oxygen atoms in total. The molecule has 1 saturated heterocycles. The number of allylic oxidation sites excluding steroid dienone is 4. The number of rotatable bonds is 0. The monoisotopic (exact) mass is 177 g/mol. The number of carbonyl (C=O) groups excluding carboxylic acids is 1. The fraction of sp³-hybridized carbons (Fsp3) is 0.545. The molecule has 0 aromatic rings. The number of hydrogen-bond acceptors (Lipinski definition) is 1. The highest BCUT2D eigenvalue weighted by atomic mass is 16.2. The van der Waals surface area contributed by atoms with Crippen LogP contribution in [0.1, 0.15) is 26.2 Å². The minimum Gasteiger partial charge on any atom is -0.316 e. The van der Waals surface area contributed by atoms with Gasteiger partial charge in [0.15, 0.2) is 0 Å². The van der Waals surface area contributed by atoms with Gasteiger partial charge in [-0.05, 0) is 25.3 Å². The van der Waals surface area contributed by atoms with Gasteiger partial charge in [0.1, 0.15) is 0 Å². The van der Waals surface area contributed by atoms with Crippen molar-refractivity contribution in [3.8, 4) is 0 Å². The summed E-state index contributed by atoms with van der Waals surface area (Å²) in [5.41, 5.74) is 1.24. The summed E-state index contributed by atoms with van der Waals surface area (Å²) in [5.74, 6) is 0.786. The Hall–Kier alpha value is -1.05. The van der Waals surface area contributed by atoms with E-state index in [2.05, 4.69) is 18.2 Å². The highest BCUT2D eigenvalue weighted by Crippen LogP contribution is 2.32. The molecule has 1 aliphatic heterocycles. The molecule has 13 heavy (non-hydrogen) atoms. The lowest BCUT2D eigenvalue weighted by molar-refractivity contribution is -0.128. The number of piperidine rings is 1. The maximum atomic E-state index is 11.3. The summed E-state index contributed by atoms with van der Waals surface area (Å²) in [6, 6.07) is 0. The molecule has 1 amide bonds. The van der Waals surface area contributed by atoms with E-state index in [0.29, 0.717) is 5.92 Å². The quantitative estimate of drug-likeness (QED) is 0.555. The standard InChI is InChI=1S/C11H15NO/c1-9(13)12-8-4-6-10-5-2-3-7-11(10)12/h2-3,7,10H,4-6,8H2,1H3. The summed E-state index contributed by atoms with van der Waals surface area (Å²) in [6.45, 7) is 2.56. The van der Waals surface area contributed by atoms with Crippen LogP contribution in [0.5, 0.6) is 0 Å². The van der Waals surface area contributed by atoms with E-state index in [9.17, 15) is 4.79 Å². The summed E-state index contributed by atoms with van der Waals surface area (Å²) in [4.78, 5) is 13.2. The molecule has 1 unspecified atom stereocenters. The molecule has 0 N–H and O–H groups in total. The summed E-state index contributed by atoms with van der Waals surface area (Å²) in [7, 11) is 0. The average Bonchev–Trinajstić information content (AvgIpc) is 2.17. The van der Waals surface area contributed by atoms with E-state index in [0.717, 1.165) is 19.4 Å². The van der Waals surface area contributed by atoms with E-state index in [4.69, 9.17) is 0 Å². The zero-order chi connectivity index (χ0) is 9.26. The largest absolute Gasteiger partial charge is 0.316 e. The molecule has 2 aliphatic rings. The molecule has 0 radical (unpaired) electrons. The Bertz CT molecular complexity index is 278. The van der Waals surface area contributed by atoms with Crippen LogP contribution in [0, 0.1) is 5.92 Å². The van der Waals surface area contributed by atoms with Crippen molar-refractivity contribution in [2.75, 3.05) is 6.54 Å². The van der Waals surface area contributed by atoms with Gasteiger partial charge in [0.25, 0.3) is 0 Å². The normalized spacial score (nSPS) is 26.7. The molecule has 0 saturated carbocycles. The molecule has 1 fully saturated rings. The maximum Gasteiger partial charge on any atom is 0.223 e. The van der Waals surface area contributed by atoms with Crippen molar-refractivity contribution in [1.29, 1.82) is 0 Å². The third kappa shape index (κ3) is 1.53. The van der Waals surface area contributed by atoms with Crippen LogP contribution in [0.4, 0.5) is 0 Å². The number of hydrogen-bond donors (Lipinski definition) is 0. The van der Waals surface area contributed by atoms with Crippen LogP contribution >= 0.6 is 0 Å². The highest BCUT2D eigenvalue weighted by molar-refractivity contribution is 5.75. The summed E-state index contributed by atoms with van der Waals surface area (Å²) < 4.78 is 0. The smallest absolute Gasteiger partial charge is 0.223 e. The van der Waals surface area contributed by atoms with Crippen LogP contribution in [0.2, 0.25) is 0 Å². The molecular formula is C11H15NO. The van der Waals surface area contributed by atoms with Crippen LogP contribution < -0.4 is 0 Å². The van der Waals surface area contributed by atoms with Gasteiger partial charge >= 0.3 is 0 Å². The number of nitrogens with zero attached hydrogens (tertiary/aromatic N) is 1. The van der Waals surface area contributed by atoms with Crippen LogP contribution in [0.25, 0.3) is 0 Å². The van der Waals surface area contributed by atoms with Crippen molar-refractivity contribution in [3.63, 3.8) is 0 Å². The Morgan fingerprint density at radius 3 is 3.23 bits per heavy atom. The number of carbonyl (C=O) groups is 1. The predicted octanol–water partition coefficient (Wildman–Crippen LogP) is 2.09. The van der Waals surface area contributed by atoms with E-state index >= 15 is 0 Å². The van der Waals surface area contributed by atoms with Gasteiger partial charge < -0.3 is 4.90 Å². The van der Waals surface area contributed by atoms with E-state index < -0.39 is 0 Å². The Kier molecular flexibility index (Phi) is 2.21. The summed E-state index contributed by atoms with van der Waals surface area (Å²) in [6.07, 6.45) is 9.84. The van der Waals surface area contributed by atoms with Gasteiger partial charge in [0.05, 0.1) is 0 Å². The molecule has 0 aromatic carbocycles. The second-order valence-electron chi connectivity index (χ2n) is 3.77. The molecule has 0 bridgehead atoms. The van der Waals surface area contributed by atoms with E-state index in [1.54, 1.807) is 6.92 Å². The first-order chi connectivity index (χ1) is 6.29. The summed E-state index contributed by atoms with van der Waals surface area (Å²) in [5, 5.41) is 0. The van der Waals surface area contributed by atoms with Gasteiger partial charge in [-0.3, -0.25) is 4.79 Å². The first kappa shape index (κ1) is 8.54. The van der Waals surface area contributed by atoms with Crippen molar-refractivity contribution in [2.45, 2.75) is 26.2 Å². The fourth-order valence-corrected chi connectivity index (χ4v) is 2.21. The lowest BCUT2D eigenvalue weighted by Gasteiger charge is -2.35. The van der Waals surface area contributed by atoms with E-state index in [-0.39, 0.29) is 5.91 Å². The number of amides is 1. The van der Waals surface area contributed by atoms with Crippen molar-refractivity contribution < 1.29 is 4.79 Å². The minimum absolute atomic E-state index is 0.186. The lowest BCUT2D eigenvalue weighted by atomic mass is 9.88. The van der Waals surface area contributed by atoms with Crippen molar-refractivity contribution in [1.82, 2.24) is 4.90 Å². The fourth-order valence-electron chi connectivity index (χ4n) is 2.21. The molecule has 1 heterocycles. The van der Waals surface area contributed by atoms with Crippen LogP contribution in [-0.2, 0) is 4.79 Å². The SMILES string of the molecule is CC(=O)N1CCCC2CC=CC=C21. The number of likely N-dealkylation sites (tertiary alicyclic amines) is 1. The zero-order valence-corrected chi connectivity index (χ0v) is 7.99. The first-order valence-corrected chi connectivity index (χ1v) is 4.94. The zero-order valence-electron chi connectivity index (χ0n) is 7.99. The van der Waals surface area contributed by atoms with Crippen molar-refractivity contribution in [3.05, 3.63) is 23.9 Å². The number of fused-ring (bicyclic) bond motifs is 1. The Labute approximate surface area is 78.9 Å². The Balaban J connectivity index is 2.24. The third-order valence-electron chi connectivity index (χ3n) is 2.87. The predicted molar refractivity (Wildman–Crippen MR) is 52.0 cm³/mol. The van der Waals surface area contributed by atoms with Gasteiger partial charge in [0.2, 0.25) is 5.91 Å². The lowest BCUT2D eigenvalue weighted by Crippen LogP contribution is -2.36. The third-order valence-corrected chi connectivity index (χ3v) is 2.87. The Morgan fingerprint density at radius 1 is 1.62 bits per heavy atom.